The van der Waals surface area contributed by atoms with Gasteiger partial charge >= 0.3 is 0 Å². The van der Waals surface area contributed by atoms with Gasteiger partial charge < -0.3 is 4.90 Å². The molecule has 2 aromatic rings. The number of nitrogens with zero attached hydrogens (tertiary/aromatic N) is 2. The van der Waals surface area contributed by atoms with E-state index >= 15 is 0 Å². The van der Waals surface area contributed by atoms with Crippen molar-refractivity contribution in [3.05, 3.63) is 60.2 Å². The van der Waals surface area contributed by atoms with Crippen molar-refractivity contribution in [1.29, 1.82) is 0 Å². The maximum atomic E-state index is 12.6. The van der Waals surface area contributed by atoms with Crippen molar-refractivity contribution in [2.24, 2.45) is 0 Å². The molecule has 0 saturated carbocycles. The van der Waals surface area contributed by atoms with Crippen LogP contribution in [0.15, 0.2) is 54.6 Å². The summed E-state index contributed by atoms with van der Waals surface area (Å²) in [6.07, 6.45) is 3.64. The van der Waals surface area contributed by atoms with Crippen LogP contribution in [0.2, 0.25) is 0 Å². The van der Waals surface area contributed by atoms with Gasteiger partial charge in [0.05, 0.1) is 0 Å². The second-order valence-electron chi connectivity index (χ2n) is 6.64. The first-order chi connectivity index (χ1) is 12.1. The third kappa shape index (κ3) is 2.80. The Morgan fingerprint density at radius 3 is 2.24 bits per heavy atom. The fraction of sp³-hybridized carbons (Fsp3) is 0.350. The molecule has 2 aliphatic heterocycles. The van der Waals surface area contributed by atoms with Crippen LogP contribution in [-0.4, -0.2) is 23.3 Å². The highest BCUT2D eigenvalue weighted by Gasteiger charge is 2.61. The molecule has 3 nitrogen and oxygen atoms in total. The molecular formula is C20H20Cl2N2O. The van der Waals surface area contributed by atoms with Crippen molar-refractivity contribution in [2.45, 2.75) is 29.6 Å². The minimum absolute atomic E-state index is 0.263. The molecule has 2 fully saturated rings. The first-order valence-electron chi connectivity index (χ1n) is 8.71. The van der Waals surface area contributed by atoms with E-state index in [0.29, 0.717) is 0 Å². The summed E-state index contributed by atoms with van der Waals surface area (Å²) in [7, 11) is 0. The monoisotopic (exact) mass is 374 g/mol. The Morgan fingerprint density at radius 1 is 0.880 bits per heavy atom. The van der Waals surface area contributed by atoms with Crippen molar-refractivity contribution in [2.75, 3.05) is 22.9 Å². The number of piperidine rings is 1. The highest BCUT2D eigenvalue weighted by molar-refractivity contribution is 6.62. The summed E-state index contributed by atoms with van der Waals surface area (Å²) in [5, 5.41) is 0. The lowest BCUT2D eigenvalue weighted by Crippen LogP contribution is -2.63. The van der Waals surface area contributed by atoms with Crippen LogP contribution >= 0.6 is 23.2 Å². The number of halogens is 2. The second kappa shape index (κ2) is 6.54. The average Bonchev–Trinajstić information content (AvgIpc) is 2.67. The van der Waals surface area contributed by atoms with E-state index < -0.39 is 4.33 Å². The van der Waals surface area contributed by atoms with E-state index in [1.54, 1.807) is 4.90 Å². The number of hydrogen-bond acceptors (Lipinski definition) is 2. The normalized spacial score (nSPS) is 22.6. The standard InChI is InChI=1S/C20H20Cl2N2O/c21-20(22)18(24(19(20)25)15-9-3-1-4-10-15)16-11-5-6-12-17(16)23-13-7-2-8-14-23/h1,3-6,9-12,18H,2,7-8,13-14H2. The molecule has 5 heteroatoms. The Morgan fingerprint density at radius 2 is 1.52 bits per heavy atom. The molecule has 130 valence electrons. The first-order valence-corrected chi connectivity index (χ1v) is 9.46. The second-order valence-corrected chi connectivity index (χ2v) is 8.03. The van der Waals surface area contributed by atoms with Crippen LogP contribution in [0.1, 0.15) is 30.9 Å². The summed E-state index contributed by atoms with van der Waals surface area (Å²) in [6, 6.07) is 17.4. The van der Waals surface area contributed by atoms with Gasteiger partial charge in [-0.3, -0.25) is 9.69 Å². The van der Waals surface area contributed by atoms with E-state index in [0.717, 1.165) is 30.0 Å². The Balaban J connectivity index is 1.76. The number of anilines is 2. The van der Waals surface area contributed by atoms with Gasteiger partial charge in [-0.2, -0.15) is 0 Å². The van der Waals surface area contributed by atoms with Gasteiger partial charge in [0.2, 0.25) is 4.33 Å². The molecule has 0 N–H and O–H groups in total. The lowest BCUT2D eigenvalue weighted by atomic mass is 9.89. The number of para-hydroxylation sites is 2. The highest BCUT2D eigenvalue weighted by Crippen LogP contribution is 2.54. The largest absolute Gasteiger partial charge is 0.371 e. The number of carbonyl (C=O) groups is 1. The summed E-state index contributed by atoms with van der Waals surface area (Å²) >= 11 is 12.9. The van der Waals surface area contributed by atoms with Gasteiger partial charge in [0.15, 0.2) is 0 Å². The molecule has 2 saturated heterocycles. The van der Waals surface area contributed by atoms with E-state index in [-0.39, 0.29) is 11.9 Å². The van der Waals surface area contributed by atoms with Gasteiger partial charge in [-0.05, 0) is 37.5 Å². The van der Waals surface area contributed by atoms with Crippen molar-refractivity contribution in [3.63, 3.8) is 0 Å². The third-order valence-electron chi connectivity index (χ3n) is 5.07. The zero-order valence-corrected chi connectivity index (χ0v) is 15.4. The quantitative estimate of drug-likeness (QED) is 0.561. The minimum atomic E-state index is -1.43. The fourth-order valence-electron chi connectivity index (χ4n) is 3.82. The molecule has 2 aromatic carbocycles. The van der Waals surface area contributed by atoms with Crippen molar-refractivity contribution in [1.82, 2.24) is 0 Å². The van der Waals surface area contributed by atoms with E-state index in [1.807, 2.05) is 48.5 Å². The van der Waals surface area contributed by atoms with Crippen molar-refractivity contribution in [3.8, 4) is 0 Å². The molecule has 1 unspecified atom stereocenters. The predicted molar refractivity (Wildman–Crippen MR) is 104 cm³/mol. The van der Waals surface area contributed by atoms with Crippen LogP contribution in [0.5, 0.6) is 0 Å². The van der Waals surface area contributed by atoms with Gasteiger partial charge in [0.25, 0.3) is 5.91 Å². The topological polar surface area (TPSA) is 23.6 Å². The van der Waals surface area contributed by atoms with E-state index in [4.69, 9.17) is 23.2 Å². The Labute approximate surface area is 158 Å². The molecule has 0 bridgehead atoms. The lowest BCUT2D eigenvalue weighted by molar-refractivity contribution is -0.125. The first kappa shape index (κ1) is 16.7. The predicted octanol–water partition coefficient (Wildman–Crippen LogP) is 4.94. The van der Waals surface area contributed by atoms with Gasteiger partial charge in [-0.1, -0.05) is 59.6 Å². The Hall–Kier alpha value is -1.71. The van der Waals surface area contributed by atoms with Crippen LogP contribution in [0.3, 0.4) is 0 Å². The summed E-state index contributed by atoms with van der Waals surface area (Å²) in [4.78, 5) is 16.7. The zero-order chi connectivity index (χ0) is 17.4. The minimum Gasteiger partial charge on any atom is -0.371 e. The van der Waals surface area contributed by atoms with E-state index in [1.165, 1.54) is 19.3 Å². The number of benzene rings is 2. The molecule has 0 aromatic heterocycles. The van der Waals surface area contributed by atoms with Gasteiger partial charge in [-0.15, -0.1) is 0 Å². The Kier molecular flexibility index (Phi) is 4.38. The molecular weight excluding hydrogens is 355 g/mol. The number of β-lactam (4-membered cyclic amide) rings is 1. The fourth-order valence-corrected chi connectivity index (χ4v) is 4.43. The van der Waals surface area contributed by atoms with Gasteiger partial charge in [-0.25, -0.2) is 0 Å². The molecule has 4 rings (SSSR count). The molecule has 0 spiro atoms. The number of hydrogen-bond donors (Lipinski definition) is 0. The zero-order valence-electron chi connectivity index (χ0n) is 13.9. The number of rotatable bonds is 3. The van der Waals surface area contributed by atoms with Crippen LogP contribution in [-0.2, 0) is 4.79 Å². The lowest BCUT2D eigenvalue weighted by Gasteiger charge is -2.50. The van der Waals surface area contributed by atoms with Crippen LogP contribution in [0.25, 0.3) is 0 Å². The smallest absolute Gasteiger partial charge is 0.266 e. The maximum absolute atomic E-state index is 12.6. The summed E-state index contributed by atoms with van der Waals surface area (Å²) < 4.78 is -1.43. The van der Waals surface area contributed by atoms with Gasteiger partial charge in [0, 0.05) is 30.0 Å². The Bertz CT molecular complexity index is 772. The summed E-state index contributed by atoms with van der Waals surface area (Å²) in [5.41, 5.74) is 2.96. The van der Waals surface area contributed by atoms with E-state index in [9.17, 15) is 4.79 Å². The molecule has 2 aliphatic rings. The molecule has 1 amide bonds. The summed E-state index contributed by atoms with van der Waals surface area (Å²) in [6.45, 7) is 2.06. The number of carbonyl (C=O) groups excluding carboxylic acids is 1. The van der Waals surface area contributed by atoms with Gasteiger partial charge in [0.1, 0.15) is 6.04 Å². The average molecular weight is 375 g/mol. The molecule has 2 heterocycles. The third-order valence-corrected chi connectivity index (χ3v) is 5.80. The van der Waals surface area contributed by atoms with Crippen LogP contribution < -0.4 is 9.80 Å². The van der Waals surface area contributed by atoms with E-state index in [2.05, 4.69) is 11.0 Å². The molecule has 25 heavy (non-hydrogen) atoms. The highest BCUT2D eigenvalue weighted by atomic mass is 35.5. The maximum Gasteiger partial charge on any atom is 0.266 e. The molecule has 0 aliphatic carbocycles. The van der Waals surface area contributed by atoms with Crippen LogP contribution in [0, 0.1) is 0 Å². The SMILES string of the molecule is O=C1N(c2ccccc2)C(c2ccccc2N2CCCCC2)C1(Cl)Cl. The summed E-state index contributed by atoms with van der Waals surface area (Å²) in [5.74, 6) is -0.263. The van der Waals surface area contributed by atoms with Crippen molar-refractivity contribution >= 4 is 40.5 Å². The molecule has 0 radical (unpaired) electrons. The number of amides is 1. The molecule has 1 atom stereocenters. The number of alkyl halides is 2. The van der Waals surface area contributed by atoms with Crippen molar-refractivity contribution < 1.29 is 4.79 Å². The van der Waals surface area contributed by atoms with Crippen LogP contribution in [0.4, 0.5) is 11.4 Å².